The minimum Gasteiger partial charge on any atom is -0.388 e. The molecule has 0 bridgehead atoms. The summed E-state index contributed by atoms with van der Waals surface area (Å²) in [5.74, 6) is -0.255. The van der Waals surface area contributed by atoms with Gasteiger partial charge in [-0.3, -0.25) is 4.79 Å². The van der Waals surface area contributed by atoms with Crippen molar-refractivity contribution in [3.63, 3.8) is 0 Å². The lowest BCUT2D eigenvalue weighted by Gasteiger charge is -1.77. The van der Waals surface area contributed by atoms with Gasteiger partial charge in [0.1, 0.15) is 6.61 Å². The molecule has 0 rings (SSSR count). The smallest absolute Gasteiger partial charge is 0.181 e. The Morgan fingerprint density at radius 1 is 1.86 bits per heavy atom. The van der Waals surface area contributed by atoms with Crippen LogP contribution in [0.1, 0.15) is 0 Å². The van der Waals surface area contributed by atoms with E-state index in [0.29, 0.717) is 0 Å². The van der Waals surface area contributed by atoms with E-state index in [9.17, 15) is 4.79 Å². The predicted molar refractivity (Wildman–Crippen MR) is 35.3 cm³/mol. The van der Waals surface area contributed by atoms with Crippen molar-refractivity contribution in [2.75, 3.05) is 6.61 Å². The monoisotopic (exact) mass is 212 g/mol. The Bertz CT molecular complexity index is 87.7. The van der Waals surface area contributed by atoms with Crippen LogP contribution in [0.3, 0.4) is 0 Å². The third kappa shape index (κ3) is 3.94. The highest BCUT2D eigenvalue weighted by Crippen LogP contribution is 1.82. The third-order valence-electron chi connectivity index (χ3n) is 0.405. The van der Waals surface area contributed by atoms with Crippen LogP contribution in [0.15, 0.2) is 10.2 Å². The normalized spacial score (nSPS) is 10.0. The van der Waals surface area contributed by atoms with Gasteiger partial charge in [-0.1, -0.05) is 22.6 Å². The van der Waals surface area contributed by atoms with Gasteiger partial charge in [0, 0.05) is 0 Å². The summed E-state index contributed by atoms with van der Waals surface area (Å²) in [7, 11) is 0. The van der Waals surface area contributed by atoms with Gasteiger partial charge >= 0.3 is 0 Å². The zero-order valence-electron chi connectivity index (χ0n) is 3.60. The molecule has 0 unspecified atom stereocenters. The second-order valence-corrected chi connectivity index (χ2v) is 1.64. The van der Waals surface area contributed by atoms with Gasteiger partial charge < -0.3 is 5.11 Å². The number of ketones is 1. The lowest BCUT2D eigenvalue weighted by Crippen LogP contribution is -1.96. The van der Waals surface area contributed by atoms with Crippen LogP contribution in [0.5, 0.6) is 0 Å². The molecule has 0 aromatic carbocycles. The number of hydrogen-bond donors (Lipinski definition) is 1. The number of aliphatic hydroxyl groups is 1. The van der Waals surface area contributed by atoms with Crippen LogP contribution >= 0.6 is 22.6 Å². The van der Waals surface area contributed by atoms with Crippen LogP contribution in [0, 0.1) is 0 Å². The Hall–Kier alpha value is 0.1000. The molecular formula is C4H5IO2. The molecule has 0 saturated carbocycles. The van der Waals surface area contributed by atoms with Crippen LogP contribution in [0.25, 0.3) is 0 Å². The summed E-state index contributed by atoms with van der Waals surface area (Å²) in [4.78, 5) is 10.1. The third-order valence-corrected chi connectivity index (χ3v) is 0.764. The molecule has 40 valence electrons. The molecule has 0 radical (unpaired) electrons. The van der Waals surface area contributed by atoms with Gasteiger partial charge in [0.2, 0.25) is 0 Å². The fourth-order valence-electron chi connectivity index (χ4n) is 0.123. The van der Waals surface area contributed by atoms with Crippen molar-refractivity contribution in [2.24, 2.45) is 0 Å². The van der Waals surface area contributed by atoms with E-state index in [1.54, 1.807) is 4.08 Å². The lowest BCUT2D eigenvalue weighted by molar-refractivity contribution is -0.117. The van der Waals surface area contributed by atoms with E-state index < -0.39 is 0 Å². The topological polar surface area (TPSA) is 37.3 Å². The molecule has 0 heterocycles. The van der Waals surface area contributed by atoms with Crippen molar-refractivity contribution in [3.8, 4) is 0 Å². The van der Waals surface area contributed by atoms with Crippen molar-refractivity contribution < 1.29 is 9.90 Å². The maximum atomic E-state index is 10.1. The number of halogens is 1. The largest absolute Gasteiger partial charge is 0.388 e. The number of rotatable bonds is 2. The molecule has 0 atom stereocenters. The number of carbonyl (C=O) groups is 1. The van der Waals surface area contributed by atoms with Crippen molar-refractivity contribution >= 4 is 28.4 Å². The molecule has 1 N–H and O–H groups in total. The van der Waals surface area contributed by atoms with Gasteiger partial charge in [-0.15, -0.1) is 0 Å². The highest BCUT2D eigenvalue weighted by Gasteiger charge is 1.86. The van der Waals surface area contributed by atoms with E-state index in [-0.39, 0.29) is 12.4 Å². The van der Waals surface area contributed by atoms with Gasteiger partial charge in [0.15, 0.2) is 5.78 Å². The van der Waals surface area contributed by atoms with E-state index in [0.717, 1.165) is 0 Å². The van der Waals surface area contributed by atoms with Gasteiger partial charge in [0.05, 0.1) is 0 Å². The second-order valence-electron chi connectivity index (χ2n) is 0.917. The highest BCUT2D eigenvalue weighted by atomic mass is 127. The van der Waals surface area contributed by atoms with E-state index in [4.69, 9.17) is 5.11 Å². The SMILES string of the molecule is O=C(/C=C\I)CO. The molecule has 0 spiro atoms. The van der Waals surface area contributed by atoms with Crippen LogP contribution in [-0.4, -0.2) is 17.5 Å². The van der Waals surface area contributed by atoms with E-state index in [1.807, 2.05) is 22.6 Å². The molecule has 0 amide bonds. The first kappa shape index (κ1) is 7.10. The molecule has 7 heavy (non-hydrogen) atoms. The summed E-state index contributed by atoms with van der Waals surface area (Å²) in [6.07, 6.45) is 1.32. The molecule has 0 saturated heterocycles. The lowest BCUT2D eigenvalue weighted by atomic mass is 10.4. The van der Waals surface area contributed by atoms with Crippen molar-refractivity contribution in [2.45, 2.75) is 0 Å². The average molecular weight is 212 g/mol. The summed E-state index contributed by atoms with van der Waals surface area (Å²) >= 11 is 1.91. The summed E-state index contributed by atoms with van der Waals surface area (Å²) in [6.45, 7) is -0.389. The standard InChI is InChI=1S/C4H5IO2/c5-2-1-4(7)3-6/h1-2,6H,3H2/b2-1-. The fourth-order valence-corrected chi connectivity index (χ4v) is 0.524. The van der Waals surface area contributed by atoms with Crippen molar-refractivity contribution in [1.82, 2.24) is 0 Å². The molecule has 0 aromatic rings. The molecule has 2 nitrogen and oxygen atoms in total. The van der Waals surface area contributed by atoms with Gasteiger partial charge in [-0.25, -0.2) is 0 Å². The molecule has 3 heteroatoms. The average Bonchev–Trinajstić information content (AvgIpc) is 1.68. The Kier molecular flexibility index (Phi) is 4.32. The number of aliphatic hydroxyl groups excluding tert-OH is 1. The quantitative estimate of drug-likeness (QED) is 0.534. The number of hydrogen-bond acceptors (Lipinski definition) is 2. The first-order valence-electron chi connectivity index (χ1n) is 1.71. The Balaban J connectivity index is 3.37. The van der Waals surface area contributed by atoms with E-state index >= 15 is 0 Å². The maximum Gasteiger partial charge on any atom is 0.181 e. The molecular weight excluding hydrogens is 207 g/mol. The molecule has 0 aromatic heterocycles. The zero-order valence-corrected chi connectivity index (χ0v) is 5.75. The first-order chi connectivity index (χ1) is 3.31. The number of carbonyl (C=O) groups excluding carboxylic acids is 1. The molecule has 0 aliphatic rings. The van der Waals surface area contributed by atoms with E-state index in [2.05, 4.69) is 0 Å². The highest BCUT2D eigenvalue weighted by molar-refractivity contribution is 14.1. The van der Waals surface area contributed by atoms with Crippen LogP contribution in [0.2, 0.25) is 0 Å². The van der Waals surface area contributed by atoms with Gasteiger partial charge in [-0.2, -0.15) is 0 Å². The maximum absolute atomic E-state index is 10.1. The fraction of sp³-hybridized carbons (Fsp3) is 0.250. The Labute approximate surface area is 55.4 Å². The van der Waals surface area contributed by atoms with E-state index in [1.165, 1.54) is 6.08 Å². The summed E-state index contributed by atoms with van der Waals surface area (Å²) in [6, 6.07) is 0. The van der Waals surface area contributed by atoms with Crippen molar-refractivity contribution in [1.29, 1.82) is 0 Å². The summed E-state index contributed by atoms with van der Waals surface area (Å²) in [5.41, 5.74) is 0. The zero-order chi connectivity index (χ0) is 5.70. The Morgan fingerprint density at radius 3 is 2.57 bits per heavy atom. The predicted octanol–water partition coefficient (Wildman–Crippen LogP) is 0.496. The van der Waals surface area contributed by atoms with Gasteiger partial charge in [0.25, 0.3) is 0 Å². The first-order valence-corrected chi connectivity index (χ1v) is 2.96. The van der Waals surface area contributed by atoms with Crippen LogP contribution in [-0.2, 0) is 4.79 Å². The second kappa shape index (κ2) is 4.26. The van der Waals surface area contributed by atoms with Crippen LogP contribution < -0.4 is 0 Å². The summed E-state index contributed by atoms with van der Waals surface area (Å²) in [5, 5.41) is 8.06. The minimum absolute atomic E-state index is 0.255. The molecule has 0 fully saturated rings. The minimum atomic E-state index is -0.389. The molecule has 0 aliphatic heterocycles. The van der Waals surface area contributed by atoms with Crippen molar-refractivity contribution in [3.05, 3.63) is 10.2 Å². The van der Waals surface area contributed by atoms with Gasteiger partial charge in [-0.05, 0) is 10.2 Å². The Morgan fingerprint density at radius 2 is 2.43 bits per heavy atom. The summed E-state index contributed by atoms with van der Waals surface area (Å²) < 4.78 is 1.57. The van der Waals surface area contributed by atoms with Crippen LogP contribution in [0.4, 0.5) is 0 Å². The molecule has 0 aliphatic carbocycles.